The van der Waals surface area contributed by atoms with E-state index in [0.717, 1.165) is 22.5 Å². The van der Waals surface area contributed by atoms with E-state index in [1.54, 1.807) is 11.6 Å². The SMILES string of the molecule is Cn1c(=NC(=O)Cn2cccc(C(F)(F)F)c2=O)sc2ccccc21. The maximum Gasteiger partial charge on any atom is 0.421 e. The number of hydrogen-bond donors (Lipinski definition) is 0. The van der Waals surface area contributed by atoms with Crippen LogP contribution >= 0.6 is 11.3 Å². The van der Waals surface area contributed by atoms with Gasteiger partial charge in [-0.15, -0.1) is 0 Å². The minimum atomic E-state index is -4.77. The fraction of sp³-hybridized carbons (Fsp3) is 0.188. The van der Waals surface area contributed by atoms with E-state index < -0.39 is 29.8 Å². The Balaban J connectivity index is 1.95. The number of benzene rings is 1. The second kappa shape index (κ2) is 6.32. The normalized spacial score (nSPS) is 12.7. The smallest absolute Gasteiger partial charge is 0.319 e. The Morgan fingerprint density at radius 3 is 2.60 bits per heavy atom. The molecule has 9 heteroatoms. The Morgan fingerprint density at radius 2 is 1.92 bits per heavy atom. The van der Waals surface area contributed by atoms with Gasteiger partial charge < -0.3 is 9.13 Å². The first-order chi connectivity index (χ1) is 11.8. The van der Waals surface area contributed by atoms with Crippen LogP contribution in [0.4, 0.5) is 13.2 Å². The van der Waals surface area contributed by atoms with Gasteiger partial charge in [0, 0.05) is 13.2 Å². The maximum absolute atomic E-state index is 12.8. The first-order valence-electron chi connectivity index (χ1n) is 7.16. The fourth-order valence-electron chi connectivity index (χ4n) is 2.35. The van der Waals surface area contributed by atoms with Crippen molar-refractivity contribution in [2.24, 2.45) is 12.0 Å². The highest BCUT2D eigenvalue weighted by Crippen LogP contribution is 2.25. The van der Waals surface area contributed by atoms with E-state index in [0.29, 0.717) is 15.4 Å². The van der Waals surface area contributed by atoms with Crippen LogP contribution in [0.25, 0.3) is 10.2 Å². The van der Waals surface area contributed by atoms with E-state index in [1.165, 1.54) is 11.3 Å². The first kappa shape index (κ1) is 17.2. The number of aryl methyl sites for hydroxylation is 1. The molecular formula is C16H12F3N3O2S. The highest BCUT2D eigenvalue weighted by molar-refractivity contribution is 7.16. The van der Waals surface area contributed by atoms with Crippen molar-refractivity contribution in [3.05, 3.63) is 63.3 Å². The van der Waals surface area contributed by atoms with E-state index in [1.807, 2.05) is 24.3 Å². The zero-order valence-electron chi connectivity index (χ0n) is 12.9. The lowest BCUT2D eigenvalue weighted by atomic mass is 10.2. The summed E-state index contributed by atoms with van der Waals surface area (Å²) in [7, 11) is 1.74. The quantitative estimate of drug-likeness (QED) is 0.699. The van der Waals surface area contributed by atoms with Crippen molar-refractivity contribution in [3.8, 4) is 0 Å². The second-order valence-corrected chi connectivity index (χ2v) is 6.28. The number of nitrogens with zero attached hydrogens (tertiary/aromatic N) is 3. The van der Waals surface area contributed by atoms with Gasteiger partial charge in [-0.05, 0) is 24.3 Å². The van der Waals surface area contributed by atoms with Gasteiger partial charge in [-0.1, -0.05) is 23.5 Å². The molecule has 0 N–H and O–H groups in total. The second-order valence-electron chi connectivity index (χ2n) is 5.27. The molecular weight excluding hydrogens is 355 g/mol. The first-order valence-corrected chi connectivity index (χ1v) is 7.98. The molecule has 2 aromatic heterocycles. The average molecular weight is 367 g/mol. The van der Waals surface area contributed by atoms with Crippen molar-refractivity contribution in [3.63, 3.8) is 0 Å². The lowest BCUT2D eigenvalue weighted by Gasteiger charge is -2.08. The third-order valence-electron chi connectivity index (χ3n) is 3.57. The van der Waals surface area contributed by atoms with Crippen LogP contribution in [0.5, 0.6) is 0 Å². The molecule has 3 aromatic rings. The number of amides is 1. The molecule has 0 bridgehead atoms. The Kier molecular flexibility index (Phi) is 4.34. The van der Waals surface area contributed by atoms with Crippen molar-refractivity contribution in [1.82, 2.24) is 9.13 Å². The monoisotopic (exact) mass is 367 g/mol. The Bertz CT molecular complexity index is 1080. The molecule has 25 heavy (non-hydrogen) atoms. The molecule has 0 radical (unpaired) electrons. The fourth-order valence-corrected chi connectivity index (χ4v) is 3.39. The van der Waals surface area contributed by atoms with Gasteiger partial charge in [-0.2, -0.15) is 18.2 Å². The average Bonchev–Trinajstić information content (AvgIpc) is 2.85. The summed E-state index contributed by atoms with van der Waals surface area (Å²) < 4.78 is 41.6. The Morgan fingerprint density at radius 1 is 1.20 bits per heavy atom. The number of hydrogen-bond acceptors (Lipinski definition) is 3. The predicted molar refractivity (Wildman–Crippen MR) is 87.1 cm³/mol. The van der Waals surface area contributed by atoms with Gasteiger partial charge in [0.25, 0.3) is 11.5 Å². The van der Waals surface area contributed by atoms with Crippen LogP contribution < -0.4 is 10.4 Å². The molecule has 0 saturated carbocycles. The third kappa shape index (κ3) is 3.41. The summed E-state index contributed by atoms with van der Waals surface area (Å²) in [4.78, 5) is 28.3. The molecule has 0 atom stereocenters. The lowest BCUT2D eigenvalue weighted by Crippen LogP contribution is -2.30. The Hall–Kier alpha value is -2.68. The molecule has 2 heterocycles. The number of thiazole rings is 1. The minimum Gasteiger partial charge on any atom is -0.319 e. The van der Waals surface area contributed by atoms with E-state index in [-0.39, 0.29) is 0 Å². The molecule has 1 amide bonds. The van der Waals surface area contributed by atoms with Gasteiger partial charge in [-0.25, -0.2) is 0 Å². The van der Waals surface area contributed by atoms with Crippen LogP contribution in [0.1, 0.15) is 5.56 Å². The highest BCUT2D eigenvalue weighted by Gasteiger charge is 2.34. The van der Waals surface area contributed by atoms with Gasteiger partial charge in [0.2, 0.25) is 0 Å². The number of aromatic nitrogens is 2. The van der Waals surface area contributed by atoms with Crippen molar-refractivity contribution >= 4 is 27.5 Å². The summed E-state index contributed by atoms with van der Waals surface area (Å²) in [6.07, 6.45) is -3.63. The molecule has 0 aliphatic carbocycles. The van der Waals surface area contributed by atoms with Crippen LogP contribution in [0, 0.1) is 0 Å². The minimum absolute atomic E-state index is 0.409. The van der Waals surface area contributed by atoms with Crippen LogP contribution in [-0.4, -0.2) is 15.0 Å². The molecule has 0 unspecified atom stereocenters. The number of pyridine rings is 1. The largest absolute Gasteiger partial charge is 0.421 e. The number of para-hydroxylation sites is 1. The van der Waals surface area contributed by atoms with Gasteiger partial charge in [0.15, 0.2) is 4.80 Å². The zero-order valence-corrected chi connectivity index (χ0v) is 13.8. The third-order valence-corrected chi connectivity index (χ3v) is 4.68. The number of carbonyl (C=O) groups excluding carboxylic acids is 1. The summed E-state index contributed by atoms with van der Waals surface area (Å²) in [5.41, 5.74) is -1.69. The molecule has 3 rings (SSSR count). The number of carbonyl (C=O) groups is 1. The van der Waals surface area contributed by atoms with E-state index in [9.17, 15) is 22.8 Å². The summed E-state index contributed by atoms with van der Waals surface area (Å²) in [5.74, 6) is -0.705. The number of halogens is 3. The van der Waals surface area contributed by atoms with Gasteiger partial charge >= 0.3 is 6.18 Å². The van der Waals surface area contributed by atoms with Crippen LogP contribution in [0.2, 0.25) is 0 Å². The van der Waals surface area contributed by atoms with Gasteiger partial charge in [0.05, 0.1) is 10.2 Å². The molecule has 1 aromatic carbocycles. The molecule has 0 spiro atoms. The molecule has 0 fully saturated rings. The summed E-state index contributed by atoms with van der Waals surface area (Å²) in [5, 5.41) is 0. The topological polar surface area (TPSA) is 56.4 Å². The van der Waals surface area contributed by atoms with Gasteiger partial charge in [0.1, 0.15) is 12.1 Å². The van der Waals surface area contributed by atoms with Crippen LogP contribution in [0.3, 0.4) is 0 Å². The molecule has 0 aliphatic heterocycles. The summed E-state index contributed by atoms with van der Waals surface area (Å²) in [6, 6.07) is 9.21. The van der Waals surface area contributed by atoms with Crippen molar-refractivity contribution in [2.45, 2.75) is 12.7 Å². The zero-order chi connectivity index (χ0) is 18.2. The molecule has 130 valence electrons. The molecule has 5 nitrogen and oxygen atoms in total. The van der Waals surface area contributed by atoms with Crippen LogP contribution in [0.15, 0.2) is 52.4 Å². The van der Waals surface area contributed by atoms with E-state index in [2.05, 4.69) is 4.99 Å². The maximum atomic E-state index is 12.8. The number of alkyl halides is 3. The number of fused-ring (bicyclic) bond motifs is 1. The predicted octanol–water partition coefficient (Wildman–Crippen LogP) is 2.55. The van der Waals surface area contributed by atoms with E-state index in [4.69, 9.17) is 0 Å². The van der Waals surface area contributed by atoms with Crippen LogP contribution in [-0.2, 0) is 24.6 Å². The van der Waals surface area contributed by atoms with Crippen molar-refractivity contribution < 1.29 is 18.0 Å². The standard InChI is InChI=1S/C16H12F3N3O2S/c1-21-11-6-2-3-7-12(11)25-15(21)20-13(23)9-22-8-4-5-10(14(22)24)16(17,18)19/h2-8H,9H2,1H3. The molecule has 0 saturated heterocycles. The van der Waals surface area contributed by atoms with Crippen molar-refractivity contribution in [1.29, 1.82) is 0 Å². The summed E-state index contributed by atoms with van der Waals surface area (Å²) >= 11 is 1.28. The van der Waals surface area contributed by atoms with Crippen molar-refractivity contribution in [2.75, 3.05) is 0 Å². The van der Waals surface area contributed by atoms with E-state index >= 15 is 0 Å². The molecule has 0 aliphatic rings. The summed E-state index contributed by atoms with van der Waals surface area (Å²) in [6.45, 7) is -0.559. The number of rotatable bonds is 2. The lowest BCUT2D eigenvalue weighted by molar-refractivity contribution is -0.139. The van der Waals surface area contributed by atoms with Gasteiger partial charge in [-0.3, -0.25) is 9.59 Å². The Labute approximate surface area is 143 Å². The highest BCUT2D eigenvalue weighted by atomic mass is 32.1.